The molecule has 1 N–H and O–H groups in total. The highest BCUT2D eigenvalue weighted by Gasteiger charge is 2.34. The first-order valence-electron chi connectivity index (χ1n) is 11.6. The quantitative estimate of drug-likeness (QED) is 0.624. The predicted octanol–water partition coefficient (Wildman–Crippen LogP) is 1.74. The van der Waals surface area contributed by atoms with Crippen LogP contribution >= 0.6 is 0 Å². The van der Waals surface area contributed by atoms with Crippen molar-refractivity contribution >= 4 is 5.91 Å². The molecule has 2 aromatic rings. The zero-order chi connectivity index (χ0) is 24.7. The molecule has 8 heteroatoms. The zero-order valence-electron chi connectivity index (χ0n) is 20.7. The van der Waals surface area contributed by atoms with Crippen LogP contribution in [-0.2, 0) is 6.54 Å². The smallest absolute Gasteiger partial charge is 0.259 e. The van der Waals surface area contributed by atoms with E-state index < -0.39 is 0 Å². The zero-order valence-corrected chi connectivity index (χ0v) is 20.7. The van der Waals surface area contributed by atoms with Crippen LogP contribution in [0.3, 0.4) is 0 Å². The Morgan fingerprint density at radius 2 is 2.03 bits per heavy atom. The first kappa shape index (κ1) is 25.6. The van der Waals surface area contributed by atoms with Gasteiger partial charge in [-0.1, -0.05) is 18.8 Å². The minimum Gasteiger partial charge on any atom is -0.472 e. The maximum atomic E-state index is 13.5. The van der Waals surface area contributed by atoms with Gasteiger partial charge in [-0.25, -0.2) is 4.98 Å². The molecule has 0 spiro atoms. The fraction of sp³-hybridized carbons (Fsp3) is 0.500. The Hall–Kier alpha value is -2.99. The van der Waals surface area contributed by atoms with Gasteiger partial charge in [-0.15, -0.1) is 0 Å². The number of ether oxygens (including phenoxy) is 1. The molecule has 3 heterocycles. The summed E-state index contributed by atoms with van der Waals surface area (Å²) in [6.45, 7) is 6.31. The number of nitrogens with zero attached hydrogens (tertiary/aromatic N) is 5. The highest BCUT2D eigenvalue weighted by Crippen LogP contribution is 2.27. The number of hydrogen-bond acceptors (Lipinski definition) is 7. The van der Waals surface area contributed by atoms with Crippen molar-refractivity contribution in [1.29, 1.82) is 0 Å². The number of rotatable bonds is 7. The van der Waals surface area contributed by atoms with E-state index in [0.29, 0.717) is 36.6 Å². The monoisotopic (exact) mass is 465 g/mol. The number of carbonyl (C=O) groups excluding carboxylic acids is 1. The van der Waals surface area contributed by atoms with Gasteiger partial charge in [-0.05, 0) is 51.8 Å². The molecular formula is C26H35N5O3. The molecule has 1 aliphatic heterocycles. The third-order valence-corrected chi connectivity index (χ3v) is 5.84. The largest absolute Gasteiger partial charge is 0.472 e. The third-order valence-electron chi connectivity index (χ3n) is 5.84. The molecule has 3 rings (SSSR count). The Balaban J connectivity index is 1.89. The number of aromatic nitrogens is 2. The minimum atomic E-state index is -0.320. The molecule has 3 atom stereocenters. The van der Waals surface area contributed by atoms with Crippen molar-refractivity contribution < 1.29 is 14.6 Å². The van der Waals surface area contributed by atoms with E-state index in [9.17, 15) is 9.90 Å². The van der Waals surface area contributed by atoms with Crippen LogP contribution in [0, 0.1) is 17.8 Å². The second-order valence-electron chi connectivity index (χ2n) is 9.29. The van der Waals surface area contributed by atoms with Crippen molar-refractivity contribution in [2.75, 3.05) is 47.4 Å². The summed E-state index contributed by atoms with van der Waals surface area (Å²) < 4.78 is 6.36. The Morgan fingerprint density at radius 1 is 1.29 bits per heavy atom. The van der Waals surface area contributed by atoms with Crippen molar-refractivity contribution in [2.24, 2.45) is 5.92 Å². The number of aliphatic hydroxyl groups is 1. The number of pyridine rings is 2. The second kappa shape index (κ2) is 11.9. The van der Waals surface area contributed by atoms with E-state index >= 15 is 0 Å². The van der Waals surface area contributed by atoms with E-state index in [0.717, 1.165) is 6.54 Å². The summed E-state index contributed by atoms with van der Waals surface area (Å²) >= 11 is 0. The van der Waals surface area contributed by atoms with Crippen molar-refractivity contribution in [1.82, 2.24) is 24.7 Å². The van der Waals surface area contributed by atoms with Gasteiger partial charge >= 0.3 is 0 Å². The summed E-state index contributed by atoms with van der Waals surface area (Å²) in [6, 6.07) is 5.42. The molecule has 8 nitrogen and oxygen atoms in total. The van der Waals surface area contributed by atoms with Crippen LogP contribution < -0.4 is 4.74 Å². The lowest BCUT2D eigenvalue weighted by atomic mass is 9.99. The van der Waals surface area contributed by atoms with Crippen LogP contribution in [0.1, 0.15) is 35.3 Å². The summed E-state index contributed by atoms with van der Waals surface area (Å²) in [5.41, 5.74) is 2.21. The van der Waals surface area contributed by atoms with Gasteiger partial charge in [0.15, 0.2) is 0 Å². The summed E-state index contributed by atoms with van der Waals surface area (Å²) in [5, 5.41) is 9.82. The highest BCUT2D eigenvalue weighted by molar-refractivity contribution is 5.97. The molecule has 34 heavy (non-hydrogen) atoms. The van der Waals surface area contributed by atoms with Gasteiger partial charge in [-0.3, -0.25) is 19.6 Å². The van der Waals surface area contributed by atoms with Crippen molar-refractivity contribution in [3.8, 4) is 17.7 Å². The number of amides is 1. The van der Waals surface area contributed by atoms with E-state index in [1.54, 1.807) is 29.6 Å². The van der Waals surface area contributed by atoms with Crippen LogP contribution in [0.15, 0.2) is 36.8 Å². The lowest BCUT2D eigenvalue weighted by Gasteiger charge is -2.37. The molecule has 0 radical (unpaired) electrons. The summed E-state index contributed by atoms with van der Waals surface area (Å²) in [7, 11) is 5.95. The lowest BCUT2D eigenvalue weighted by Crippen LogP contribution is -2.49. The Labute approximate surface area is 202 Å². The number of likely N-dealkylation sites (N-methyl/N-ethyl adjacent to an activating group) is 1. The Bertz CT molecular complexity index is 1020. The molecule has 1 amide bonds. The fourth-order valence-electron chi connectivity index (χ4n) is 3.86. The molecule has 0 aromatic carbocycles. The van der Waals surface area contributed by atoms with Crippen LogP contribution in [0.4, 0.5) is 0 Å². The first-order chi connectivity index (χ1) is 16.3. The predicted molar refractivity (Wildman–Crippen MR) is 131 cm³/mol. The van der Waals surface area contributed by atoms with Gasteiger partial charge in [0, 0.05) is 49.7 Å². The van der Waals surface area contributed by atoms with Crippen LogP contribution in [-0.4, -0.2) is 95.2 Å². The topological polar surface area (TPSA) is 82.0 Å². The molecule has 182 valence electrons. The van der Waals surface area contributed by atoms with Crippen LogP contribution in [0.2, 0.25) is 0 Å². The SMILES string of the molecule is C[C@H](CO)N1C[C@H](C)[C@@H](CN(C)Cc2ccncc2)Oc2ncc(C#CCN(C)C)cc2C1=O. The molecular weight excluding hydrogens is 430 g/mol. The third kappa shape index (κ3) is 6.76. The van der Waals surface area contributed by atoms with E-state index in [1.807, 2.05) is 45.1 Å². The molecule has 0 saturated carbocycles. The molecule has 1 aliphatic rings. The minimum absolute atomic E-state index is 0.0346. The van der Waals surface area contributed by atoms with Gasteiger partial charge in [0.2, 0.25) is 5.88 Å². The van der Waals surface area contributed by atoms with Gasteiger partial charge < -0.3 is 14.7 Å². The molecule has 0 unspecified atom stereocenters. The second-order valence-corrected chi connectivity index (χ2v) is 9.29. The summed E-state index contributed by atoms with van der Waals surface area (Å²) in [4.78, 5) is 27.9. The maximum Gasteiger partial charge on any atom is 0.259 e. The van der Waals surface area contributed by atoms with Gasteiger partial charge in [-0.2, -0.15) is 0 Å². The average molecular weight is 466 g/mol. The molecule has 0 bridgehead atoms. The standard InChI is InChI=1S/C26H35N5O3/c1-19-15-31(20(2)18-32)26(33)23-13-22(7-6-12-29(3)4)14-28-25(23)34-24(19)17-30(5)16-21-8-10-27-11-9-21/h8-11,13-14,19-20,24,32H,12,15-18H2,1-5H3/t19-,20+,24+/m0/s1. The molecule has 2 aromatic heterocycles. The van der Waals surface area contributed by atoms with E-state index in [-0.39, 0.29) is 30.6 Å². The number of carbonyl (C=O) groups is 1. The number of aliphatic hydroxyl groups excluding tert-OH is 1. The van der Waals surface area contributed by atoms with Crippen LogP contribution in [0.5, 0.6) is 5.88 Å². The molecule has 0 saturated heterocycles. The molecule has 0 fully saturated rings. The number of fused-ring (bicyclic) bond motifs is 1. The molecule has 0 aliphatic carbocycles. The van der Waals surface area contributed by atoms with E-state index in [1.165, 1.54) is 5.56 Å². The van der Waals surface area contributed by atoms with Gasteiger partial charge in [0.05, 0.1) is 19.2 Å². The van der Waals surface area contributed by atoms with Gasteiger partial charge in [0.1, 0.15) is 11.7 Å². The Morgan fingerprint density at radius 3 is 2.71 bits per heavy atom. The van der Waals surface area contributed by atoms with Crippen molar-refractivity contribution in [2.45, 2.75) is 32.5 Å². The maximum absolute atomic E-state index is 13.5. The van der Waals surface area contributed by atoms with Crippen molar-refractivity contribution in [3.05, 3.63) is 53.5 Å². The normalized spacial score (nSPS) is 19.1. The number of hydrogen-bond donors (Lipinski definition) is 1. The van der Waals surface area contributed by atoms with Crippen molar-refractivity contribution in [3.63, 3.8) is 0 Å². The summed E-state index contributed by atoms with van der Waals surface area (Å²) in [6.07, 6.45) is 5.04. The summed E-state index contributed by atoms with van der Waals surface area (Å²) in [5.74, 6) is 6.31. The van der Waals surface area contributed by atoms with Crippen LogP contribution in [0.25, 0.3) is 0 Å². The highest BCUT2D eigenvalue weighted by atomic mass is 16.5. The lowest BCUT2D eigenvalue weighted by molar-refractivity contribution is 0.0325. The first-order valence-corrected chi connectivity index (χ1v) is 11.6. The van der Waals surface area contributed by atoms with E-state index in [2.05, 4.69) is 33.6 Å². The Kier molecular flexibility index (Phi) is 8.99. The van der Waals surface area contributed by atoms with Gasteiger partial charge in [0.25, 0.3) is 5.91 Å². The average Bonchev–Trinajstić information content (AvgIpc) is 2.81. The van der Waals surface area contributed by atoms with E-state index in [4.69, 9.17) is 4.74 Å². The fourth-order valence-corrected chi connectivity index (χ4v) is 3.86.